The SMILES string of the molecule is Cc1cccc(NC(=O)CN2CCc3sccc3[C@H]2c2ccccc2)c1. The molecule has 132 valence electrons. The fourth-order valence-corrected chi connectivity index (χ4v) is 4.58. The fourth-order valence-electron chi connectivity index (χ4n) is 3.67. The van der Waals surface area contributed by atoms with Crippen LogP contribution in [0.2, 0.25) is 0 Å². The van der Waals surface area contributed by atoms with Crippen molar-refractivity contribution in [2.45, 2.75) is 19.4 Å². The molecular weight excluding hydrogens is 340 g/mol. The number of amides is 1. The van der Waals surface area contributed by atoms with Crippen LogP contribution in [-0.2, 0) is 11.2 Å². The number of benzene rings is 2. The molecule has 1 aliphatic heterocycles. The van der Waals surface area contributed by atoms with Crippen LogP contribution in [0.15, 0.2) is 66.0 Å². The van der Waals surface area contributed by atoms with E-state index in [4.69, 9.17) is 0 Å². The Morgan fingerprint density at radius 3 is 2.81 bits per heavy atom. The average Bonchev–Trinajstić information content (AvgIpc) is 3.11. The Bertz CT molecular complexity index is 903. The first-order chi connectivity index (χ1) is 12.7. The van der Waals surface area contributed by atoms with E-state index in [2.05, 4.69) is 45.9 Å². The highest BCUT2D eigenvalue weighted by atomic mass is 32.1. The second-order valence-corrected chi connectivity index (χ2v) is 7.75. The number of carbonyl (C=O) groups excluding carboxylic acids is 1. The van der Waals surface area contributed by atoms with Gasteiger partial charge in [-0.1, -0.05) is 42.5 Å². The molecule has 1 atom stereocenters. The second kappa shape index (κ2) is 7.44. The molecule has 1 N–H and O–H groups in total. The maximum Gasteiger partial charge on any atom is 0.238 e. The van der Waals surface area contributed by atoms with Gasteiger partial charge in [-0.2, -0.15) is 0 Å². The summed E-state index contributed by atoms with van der Waals surface area (Å²) in [6, 6.07) is 20.8. The first-order valence-corrected chi connectivity index (χ1v) is 9.80. The predicted molar refractivity (Wildman–Crippen MR) is 108 cm³/mol. The van der Waals surface area contributed by atoms with Crippen LogP contribution in [0.5, 0.6) is 0 Å². The lowest BCUT2D eigenvalue weighted by Gasteiger charge is -2.35. The van der Waals surface area contributed by atoms with Gasteiger partial charge in [0, 0.05) is 17.1 Å². The van der Waals surface area contributed by atoms with Crippen LogP contribution >= 0.6 is 11.3 Å². The van der Waals surface area contributed by atoms with E-state index in [0.29, 0.717) is 6.54 Å². The van der Waals surface area contributed by atoms with Gasteiger partial charge in [0.15, 0.2) is 0 Å². The molecule has 1 amide bonds. The molecule has 3 aromatic rings. The fraction of sp³-hybridized carbons (Fsp3) is 0.227. The van der Waals surface area contributed by atoms with Crippen molar-refractivity contribution in [1.82, 2.24) is 4.90 Å². The molecule has 1 aromatic heterocycles. The van der Waals surface area contributed by atoms with Crippen LogP contribution in [0.3, 0.4) is 0 Å². The van der Waals surface area contributed by atoms with Crippen molar-refractivity contribution in [2.24, 2.45) is 0 Å². The molecule has 1 aliphatic rings. The molecule has 4 rings (SSSR count). The summed E-state index contributed by atoms with van der Waals surface area (Å²) in [5, 5.41) is 5.21. The molecule has 0 aliphatic carbocycles. The smallest absolute Gasteiger partial charge is 0.238 e. The maximum absolute atomic E-state index is 12.7. The number of hydrogen-bond acceptors (Lipinski definition) is 3. The van der Waals surface area contributed by atoms with E-state index in [1.165, 1.54) is 16.0 Å². The Balaban J connectivity index is 1.56. The number of anilines is 1. The third kappa shape index (κ3) is 3.57. The molecule has 3 nitrogen and oxygen atoms in total. The third-order valence-corrected chi connectivity index (χ3v) is 5.83. The van der Waals surface area contributed by atoms with Crippen LogP contribution < -0.4 is 5.32 Å². The van der Waals surface area contributed by atoms with E-state index in [-0.39, 0.29) is 11.9 Å². The Labute approximate surface area is 158 Å². The minimum absolute atomic E-state index is 0.0372. The van der Waals surface area contributed by atoms with E-state index in [1.54, 1.807) is 0 Å². The van der Waals surface area contributed by atoms with Crippen LogP contribution in [-0.4, -0.2) is 23.9 Å². The number of nitrogens with one attached hydrogen (secondary N) is 1. The van der Waals surface area contributed by atoms with Gasteiger partial charge in [-0.05, 0) is 53.6 Å². The highest BCUT2D eigenvalue weighted by molar-refractivity contribution is 7.10. The highest BCUT2D eigenvalue weighted by Crippen LogP contribution is 2.37. The Hall–Kier alpha value is -2.43. The molecule has 2 heterocycles. The van der Waals surface area contributed by atoms with Crippen molar-refractivity contribution < 1.29 is 4.79 Å². The molecule has 2 aromatic carbocycles. The lowest BCUT2D eigenvalue weighted by atomic mass is 9.93. The van der Waals surface area contributed by atoms with Gasteiger partial charge >= 0.3 is 0 Å². The van der Waals surface area contributed by atoms with Crippen LogP contribution in [0.4, 0.5) is 5.69 Å². The summed E-state index contributed by atoms with van der Waals surface area (Å²) in [7, 11) is 0. The molecular formula is C22H22N2OS. The Morgan fingerprint density at radius 1 is 1.15 bits per heavy atom. The van der Waals surface area contributed by atoms with Gasteiger partial charge in [0.25, 0.3) is 0 Å². The standard InChI is InChI=1S/C22H22N2OS/c1-16-6-5-9-18(14-16)23-21(25)15-24-12-10-20-19(11-13-26-20)22(24)17-7-3-2-4-8-17/h2-9,11,13-14,22H,10,12,15H2,1H3,(H,23,25)/t22-/m1/s1. The molecule has 0 saturated heterocycles. The van der Waals surface area contributed by atoms with Crippen molar-refractivity contribution in [1.29, 1.82) is 0 Å². The number of rotatable bonds is 4. The zero-order chi connectivity index (χ0) is 17.9. The van der Waals surface area contributed by atoms with E-state index in [1.807, 2.05) is 48.6 Å². The van der Waals surface area contributed by atoms with Crippen molar-refractivity contribution >= 4 is 22.9 Å². The minimum Gasteiger partial charge on any atom is -0.325 e. The number of aryl methyl sites for hydroxylation is 1. The highest BCUT2D eigenvalue weighted by Gasteiger charge is 2.30. The van der Waals surface area contributed by atoms with Crippen LogP contribution in [0.25, 0.3) is 0 Å². The van der Waals surface area contributed by atoms with Gasteiger partial charge in [-0.3, -0.25) is 9.69 Å². The van der Waals surface area contributed by atoms with E-state index in [0.717, 1.165) is 24.2 Å². The molecule has 0 unspecified atom stereocenters. The van der Waals surface area contributed by atoms with Crippen LogP contribution in [0, 0.1) is 6.92 Å². The monoisotopic (exact) mass is 362 g/mol. The summed E-state index contributed by atoms with van der Waals surface area (Å²) in [4.78, 5) is 16.4. The van der Waals surface area contributed by atoms with Crippen molar-refractivity contribution in [3.63, 3.8) is 0 Å². The van der Waals surface area contributed by atoms with Gasteiger partial charge in [0.05, 0.1) is 12.6 Å². The van der Waals surface area contributed by atoms with Crippen molar-refractivity contribution in [3.05, 3.63) is 87.6 Å². The minimum atomic E-state index is 0.0372. The second-order valence-electron chi connectivity index (χ2n) is 6.75. The summed E-state index contributed by atoms with van der Waals surface area (Å²) in [6.45, 7) is 3.32. The summed E-state index contributed by atoms with van der Waals surface area (Å²) in [5.74, 6) is 0.0372. The van der Waals surface area contributed by atoms with Crippen molar-refractivity contribution in [3.8, 4) is 0 Å². The Kier molecular flexibility index (Phi) is 4.87. The largest absolute Gasteiger partial charge is 0.325 e. The number of carbonyl (C=O) groups is 1. The van der Waals surface area contributed by atoms with E-state index < -0.39 is 0 Å². The van der Waals surface area contributed by atoms with Gasteiger partial charge in [-0.15, -0.1) is 11.3 Å². The molecule has 0 saturated carbocycles. The lowest BCUT2D eigenvalue weighted by Crippen LogP contribution is -2.40. The predicted octanol–water partition coefficient (Wildman–Crippen LogP) is 4.64. The average molecular weight is 362 g/mol. The van der Waals surface area contributed by atoms with Gasteiger partial charge in [0.1, 0.15) is 0 Å². The lowest BCUT2D eigenvalue weighted by molar-refractivity contribution is -0.117. The number of fused-ring (bicyclic) bond motifs is 1. The summed E-state index contributed by atoms with van der Waals surface area (Å²) >= 11 is 1.82. The molecule has 26 heavy (non-hydrogen) atoms. The third-order valence-electron chi connectivity index (χ3n) is 4.83. The van der Waals surface area contributed by atoms with Gasteiger partial charge in [-0.25, -0.2) is 0 Å². The van der Waals surface area contributed by atoms with E-state index >= 15 is 0 Å². The maximum atomic E-state index is 12.7. The summed E-state index contributed by atoms with van der Waals surface area (Å²) in [5.41, 5.74) is 4.59. The van der Waals surface area contributed by atoms with Crippen molar-refractivity contribution in [2.75, 3.05) is 18.4 Å². The Morgan fingerprint density at radius 2 is 2.00 bits per heavy atom. The first-order valence-electron chi connectivity index (χ1n) is 8.92. The number of thiophene rings is 1. The zero-order valence-corrected chi connectivity index (χ0v) is 15.6. The molecule has 4 heteroatoms. The number of hydrogen-bond donors (Lipinski definition) is 1. The zero-order valence-electron chi connectivity index (χ0n) is 14.8. The van der Waals surface area contributed by atoms with E-state index in [9.17, 15) is 4.79 Å². The van der Waals surface area contributed by atoms with Gasteiger partial charge < -0.3 is 5.32 Å². The topological polar surface area (TPSA) is 32.3 Å². The molecule has 0 bridgehead atoms. The quantitative estimate of drug-likeness (QED) is 0.733. The molecule has 0 spiro atoms. The molecule has 0 fully saturated rings. The summed E-state index contributed by atoms with van der Waals surface area (Å²) < 4.78 is 0. The normalized spacial score (nSPS) is 16.9. The molecule has 0 radical (unpaired) electrons. The first kappa shape index (κ1) is 17.0. The van der Waals surface area contributed by atoms with Crippen LogP contribution in [0.1, 0.15) is 27.6 Å². The summed E-state index contributed by atoms with van der Waals surface area (Å²) in [6.07, 6.45) is 1.01. The van der Waals surface area contributed by atoms with Gasteiger partial charge in [0.2, 0.25) is 5.91 Å². The number of nitrogens with zero attached hydrogens (tertiary/aromatic N) is 1.